The Morgan fingerprint density at radius 2 is 2.06 bits per heavy atom. The van der Waals surface area contributed by atoms with Crippen LogP contribution < -0.4 is 5.73 Å². The van der Waals surface area contributed by atoms with Gasteiger partial charge in [-0.25, -0.2) is 0 Å². The summed E-state index contributed by atoms with van der Waals surface area (Å²) in [5, 5.41) is 6.39. The summed E-state index contributed by atoms with van der Waals surface area (Å²) in [5.41, 5.74) is 6.10. The highest BCUT2D eigenvalue weighted by atomic mass is 35.5. The zero-order valence-electron chi connectivity index (χ0n) is 8.61. The van der Waals surface area contributed by atoms with E-state index in [0.717, 1.165) is 0 Å². The average Bonchev–Trinajstić information content (AvgIpc) is 2.80. The smallest absolute Gasteiger partial charge is 0.250 e. The SMILES string of the molecule is NC(=O)c1ccc(C(=O)c2cn[nH]c2)cc1Cl. The molecule has 0 aliphatic rings. The number of hydrogen-bond donors (Lipinski definition) is 2. The molecule has 17 heavy (non-hydrogen) atoms. The number of aromatic nitrogens is 2. The van der Waals surface area contributed by atoms with Crippen LogP contribution in [0.4, 0.5) is 0 Å². The van der Waals surface area contributed by atoms with Crippen molar-refractivity contribution in [2.45, 2.75) is 0 Å². The molecule has 0 unspecified atom stereocenters. The lowest BCUT2D eigenvalue weighted by molar-refractivity contribution is 0.0997. The number of amides is 1. The standard InChI is InChI=1S/C11H8ClN3O2/c12-9-3-6(1-2-8(9)11(13)17)10(16)7-4-14-15-5-7/h1-5H,(H2,13,17)(H,14,15). The van der Waals surface area contributed by atoms with E-state index in [1.807, 2.05) is 0 Å². The number of carbonyl (C=O) groups is 2. The highest BCUT2D eigenvalue weighted by Crippen LogP contribution is 2.19. The van der Waals surface area contributed by atoms with Gasteiger partial charge in [-0.1, -0.05) is 17.7 Å². The van der Waals surface area contributed by atoms with Crippen LogP contribution in [0.25, 0.3) is 0 Å². The zero-order valence-corrected chi connectivity index (χ0v) is 9.36. The molecule has 86 valence electrons. The van der Waals surface area contributed by atoms with Crippen LogP contribution in [0.2, 0.25) is 5.02 Å². The van der Waals surface area contributed by atoms with Crippen molar-refractivity contribution in [1.29, 1.82) is 0 Å². The van der Waals surface area contributed by atoms with Crippen molar-refractivity contribution in [2.24, 2.45) is 5.73 Å². The number of hydrogen-bond acceptors (Lipinski definition) is 3. The Morgan fingerprint density at radius 3 is 2.59 bits per heavy atom. The molecule has 6 heteroatoms. The van der Waals surface area contributed by atoms with Gasteiger partial charge in [0.05, 0.1) is 22.3 Å². The maximum Gasteiger partial charge on any atom is 0.250 e. The van der Waals surface area contributed by atoms with Gasteiger partial charge >= 0.3 is 0 Å². The van der Waals surface area contributed by atoms with Crippen molar-refractivity contribution < 1.29 is 9.59 Å². The lowest BCUT2D eigenvalue weighted by Gasteiger charge is -2.02. The average molecular weight is 250 g/mol. The summed E-state index contributed by atoms with van der Waals surface area (Å²) < 4.78 is 0. The molecule has 0 atom stereocenters. The van der Waals surface area contributed by atoms with Gasteiger partial charge in [0.1, 0.15) is 0 Å². The summed E-state index contributed by atoms with van der Waals surface area (Å²) in [6.07, 6.45) is 2.90. The van der Waals surface area contributed by atoms with Crippen molar-refractivity contribution in [3.05, 3.63) is 52.3 Å². The number of halogens is 1. The molecule has 1 amide bonds. The molecular weight excluding hydrogens is 242 g/mol. The molecular formula is C11H8ClN3O2. The number of ketones is 1. The van der Waals surface area contributed by atoms with Crippen LogP contribution in [0.3, 0.4) is 0 Å². The van der Waals surface area contributed by atoms with Gasteiger partial charge in [-0.2, -0.15) is 5.10 Å². The van der Waals surface area contributed by atoms with Gasteiger partial charge in [0.2, 0.25) is 5.91 Å². The lowest BCUT2D eigenvalue weighted by Crippen LogP contribution is -2.12. The fourth-order valence-corrected chi connectivity index (χ4v) is 1.67. The van der Waals surface area contributed by atoms with Gasteiger partial charge in [-0.3, -0.25) is 14.7 Å². The first-order valence-corrected chi connectivity index (χ1v) is 5.10. The Bertz CT molecular complexity index is 578. The van der Waals surface area contributed by atoms with Crippen LogP contribution in [0.1, 0.15) is 26.3 Å². The molecule has 3 N–H and O–H groups in total. The molecule has 0 aliphatic carbocycles. The van der Waals surface area contributed by atoms with E-state index in [-0.39, 0.29) is 16.4 Å². The summed E-state index contributed by atoms with van der Waals surface area (Å²) in [6, 6.07) is 4.34. The van der Waals surface area contributed by atoms with Crippen molar-refractivity contribution in [3.8, 4) is 0 Å². The molecule has 0 fully saturated rings. The number of nitrogens with two attached hydrogens (primary N) is 1. The number of primary amides is 1. The Morgan fingerprint density at radius 1 is 1.29 bits per heavy atom. The number of aromatic amines is 1. The first-order chi connectivity index (χ1) is 8.09. The van der Waals surface area contributed by atoms with E-state index in [0.29, 0.717) is 11.1 Å². The minimum Gasteiger partial charge on any atom is -0.366 e. The number of nitrogens with zero attached hydrogens (tertiary/aromatic N) is 1. The molecule has 0 saturated carbocycles. The normalized spacial score (nSPS) is 10.2. The van der Waals surface area contributed by atoms with Crippen LogP contribution in [-0.4, -0.2) is 21.9 Å². The van der Waals surface area contributed by atoms with Crippen LogP contribution >= 0.6 is 11.6 Å². The molecule has 1 aromatic carbocycles. The molecule has 1 aromatic heterocycles. The van der Waals surface area contributed by atoms with E-state index in [1.54, 1.807) is 0 Å². The topological polar surface area (TPSA) is 88.8 Å². The Labute approximate surface area is 102 Å². The maximum absolute atomic E-state index is 11.9. The van der Waals surface area contributed by atoms with Crippen LogP contribution in [-0.2, 0) is 0 Å². The van der Waals surface area contributed by atoms with E-state index in [4.69, 9.17) is 17.3 Å². The number of H-pyrrole nitrogens is 1. The van der Waals surface area contributed by atoms with Gasteiger partial charge in [0.15, 0.2) is 5.78 Å². The third-order valence-corrected chi connectivity index (χ3v) is 2.57. The summed E-state index contributed by atoms with van der Waals surface area (Å²) >= 11 is 5.85. The lowest BCUT2D eigenvalue weighted by atomic mass is 10.0. The van der Waals surface area contributed by atoms with E-state index < -0.39 is 5.91 Å². The first kappa shape index (κ1) is 11.3. The van der Waals surface area contributed by atoms with Crippen molar-refractivity contribution >= 4 is 23.3 Å². The largest absolute Gasteiger partial charge is 0.366 e. The molecule has 2 aromatic rings. The number of benzene rings is 1. The van der Waals surface area contributed by atoms with E-state index in [9.17, 15) is 9.59 Å². The van der Waals surface area contributed by atoms with Crippen molar-refractivity contribution in [3.63, 3.8) is 0 Å². The van der Waals surface area contributed by atoms with Crippen LogP contribution in [0.5, 0.6) is 0 Å². The molecule has 5 nitrogen and oxygen atoms in total. The number of nitrogens with one attached hydrogen (secondary N) is 1. The minimum absolute atomic E-state index is 0.159. The quantitative estimate of drug-likeness (QED) is 0.806. The van der Waals surface area contributed by atoms with E-state index in [1.165, 1.54) is 30.6 Å². The third-order valence-electron chi connectivity index (χ3n) is 2.26. The van der Waals surface area contributed by atoms with Gasteiger partial charge in [0, 0.05) is 11.8 Å². The number of carbonyl (C=O) groups excluding carboxylic acids is 2. The fraction of sp³-hybridized carbons (Fsp3) is 0. The number of rotatable bonds is 3. The molecule has 0 radical (unpaired) electrons. The molecule has 0 aliphatic heterocycles. The zero-order chi connectivity index (χ0) is 12.4. The van der Waals surface area contributed by atoms with E-state index >= 15 is 0 Å². The Hall–Kier alpha value is -2.14. The Balaban J connectivity index is 2.39. The fourth-order valence-electron chi connectivity index (χ4n) is 1.40. The summed E-state index contributed by atoms with van der Waals surface area (Å²) in [6.45, 7) is 0. The van der Waals surface area contributed by atoms with Crippen molar-refractivity contribution in [2.75, 3.05) is 0 Å². The van der Waals surface area contributed by atoms with Crippen LogP contribution in [0.15, 0.2) is 30.6 Å². The highest BCUT2D eigenvalue weighted by molar-refractivity contribution is 6.34. The second-order valence-electron chi connectivity index (χ2n) is 3.37. The minimum atomic E-state index is -0.627. The second-order valence-corrected chi connectivity index (χ2v) is 3.78. The molecule has 2 rings (SSSR count). The molecule has 1 heterocycles. The molecule has 0 bridgehead atoms. The van der Waals surface area contributed by atoms with Crippen LogP contribution in [0, 0.1) is 0 Å². The van der Waals surface area contributed by atoms with Gasteiger partial charge < -0.3 is 5.73 Å². The predicted molar refractivity (Wildman–Crippen MR) is 62.0 cm³/mol. The summed E-state index contributed by atoms with van der Waals surface area (Å²) in [5.74, 6) is -0.853. The first-order valence-electron chi connectivity index (χ1n) is 4.72. The second kappa shape index (κ2) is 4.39. The van der Waals surface area contributed by atoms with Gasteiger partial charge in [-0.15, -0.1) is 0 Å². The van der Waals surface area contributed by atoms with Gasteiger partial charge in [-0.05, 0) is 12.1 Å². The van der Waals surface area contributed by atoms with Crippen molar-refractivity contribution in [1.82, 2.24) is 10.2 Å². The Kier molecular flexibility index (Phi) is 2.93. The van der Waals surface area contributed by atoms with Gasteiger partial charge in [0.25, 0.3) is 0 Å². The molecule has 0 saturated heterocycles. The van der Waals surface area contributed by atoms with E-state index in [2.05, 4.69) is 10.2 Å². The monoisotopic (exact) mass is 249 g/mol. The summed E-state index contributed by atoms with van der Waals surface area (Å²) in [7, 11) is 0. The molecule has 0 spiro atoms. The maximum atomic E-state index is 11.9. The predicted octanol–water partition coefficient (Wildman–Crippen LogP) is 1.39. The summed E-state index contributed by atoms with van der Waals surface area (Å²) in [4.78, 5) is 22.9. The highest BCUT2D eigenvalue weighted by Gasteiger charge is 2.13. The third kappa shape index (κ3) is 2.19.